The van der Waals surface area contributed by atoms with E-state index >= 15 is 0 Å². The molecule has 4 aromatic rings. The Morgan fingerprint density at radius 1 is 0.903 bits per heavy atom. The Hall–Kier alpha value is -3.68. The van der Waals surface area contributed by atoms with Crippen molar-refractivity contribution in [1.29, 1.82) is 0 Å². The number of halogens is 4. The molecule has 4 nitrogen and oxygen atoms in total. The zero-order chi connectivity index (χ0) is 22.2. The molecule has 0 amide bonds. The van der Waals surface area contributed by atoms with E-state index in [0.29, 0.717) is 22.7 Å². The minimum Gasteiger partial charge on any atom is -0.507 e. The third-order valence-corrected chi connectivity index (χ3v) is 4.99. The molecule has 0 radical (unpaired) electrons. The predicted molar refractivity (Wildman–Crippen MR) is 110 cm³/mol. The number of phenolic OH excluding ortho intramolecular Hbond substituents is 1. The van der Waals surface area contributed by atoms with Crippen LogP contribution in [0.1, 0.15) is 24.1 Å². The molecule has 0 fully saturated rings. The van der Waals surface area contributed by atoms with Crippen molar-refractivity contribution in [2.24, 2.45) is 0 Å². The van der Waals surface area contributed by atoms with E-state index in [1.807, 2.05) is 6.92 Å². The summed E-state index contributed by atoms with van der Waals surface area (Å²) in [5.41, 5.74) is 0.311. The van der Waals surface area contributed by atoms with Crippen LogP contribution in [0.3, 0.4) is 0 Å². The van der Waals surface area contributed by atoms with E-state index in [4.69, 9.17) is 0 Å². The van der Waals surface area contributed by atoms with Gasteiger partial charge in [0.15, 0.2) is 5.82 Å². The molecule has 8 heteroatoms. The lowest BCUT2D eigenvalue weighted by atomic mass is 10.0. The summed E-state index contributed by atoms with van der Waals surface area (Å²) in [6.45, 7) is 1.89. The van der Waals surface area contributed by atoms with Crippen molar-refractivity contribution in [2.75, 3.05) is 5.32 Å². The lowest BCUT2D eigenvalue weighted by Gasteiger charge is -2.17. The monoisotopic (exact) mass is 427 g/mol. The second-order valence-electron chi connectivity index (χ2n) is 7.09. The number of nitrogens with one attached hydrogen (secondary N) is 1. The smallest absolute Gasteiger partial charge is 0.416 e. The summed E-state index contributed by atoms with van der Waals surface area (Å²) < 4.78 is 52.0. The number of fused-ring (bicyclic) bond motifs is 1. The maximum atomic E-state index is 13.2. The maximum Gasteiger partial charge on any atom is 0.416 e. The zero-order valence-corrected chi connectivity index (χ0v) is 16.3. The molecule has 0 aliphatic heterocycles. The van der Waals surface area contributed by atoms with E-state index in [0.717, 1.165) is 11.6 Å². The molecule has 158 valence electrons. The summed E-state index contributed by atoms with van der Waals surface area (Å²) >= 11 is 0. The van der Waals surface area contributed by atoms with Gasteiger partial charge >= 0.3 is 6.18 Å². The maximum absolute atomic E-state index is 13.2. The zero-order valence-electron chi connectivity index (χ0n) is 16.3. The third kappa shape index (κ3) is 4.14. The van der Waals surface area contributed by atoms with Gasteiger partial charge in [-0.15, -0.1) is 10.2 Å². The van der Waals surface area contributed by atoms with Gasteiger partial charge in [-0.1, -0.05) is 36.4 Å². The summed E-state index contributed by atoms with van der Waals surface area (Å²) in [7, 11) is 0. The van der Waals surface area contributed by atoms with Gasteiger partial charge in [0.05, 0.1) is 11.6 Å². The second-order valence-corrected chi connectivity index (χ2v) is 7.09. The van der Waals surface area contributed by atoms with Gasteiger partial charge in [-0.25, -0.2) is 4.39 Å². The SMILES string of the molecule is C[C@@H](Nc1nnc(-c2ccc(C(F)(F)F)cc2O)c2ccccc12)c1ccc(F)cc1. The van der Waals surface area contributed by atoms with Crippen molar-refractivity contribution in [3.63, 3.8) is 0 Å². The molecule has 0 saturated carbocycles. The molecule has 0 bridgehead atoms. The average molecular weight is 427 g/mol. The fraction of sp³-hybridized carbons (Fsp3) is 0.130. The van der Waals surface area contributed by atoms with Crippen LogP contribution < -0.4 is 5.32 Å². The Morgan fingerprint density at radius 3 is 2.23 bits per heavy atom. The Labute approximate surface area is 175 Å². The largest absolute Gasteiger partial charge is 0.507 e. The van der Waals surface area contributed by atoms with Gasteiger partial charge in [0.1, 0.15) is 17.3 Å². The Balaban J connectivity index is 1.75. The van der Waals surface area contributed by atoms with Crippen molar-refractivity contribution >= 4 is 16.6 Å². The van der Waals surface area contributed by atoms with Crippen molar-refractivity contribution in [1.82, 2.24) is 10.2 Å². The molecule has 2 N–H and O–H groups in total. The number of aromatic nitrogens is 2. The quantitative estimate of drug-likeness (QED) is 0.374. The van der Waals surface area contributed by atoms with E-state index in [1.54, 1.807) is 36.4 Å². The van der Waals surface area contributed by atoms with Gasteiger partial charge < -0.3 is 10.4 Å². The number of phenols is 1. The third-order valence-electron chi connectivity index (χ3n) is 4.99. The van der Waals surface area contributed by atoms with Crippen LogP contribution in [0.5, 0.6) is 5.75 Å². The molecule has 1 heterocycles. The van der Waals surface area contributed by atoms with Gasteiger partial charge in [0.2, 0.25) is 0 Å². The minimum atomic E-state index is -4.56. The standard InChI is InChI=1S/C23H17F4N3O/c1-13(14-6-9-16(24)10-7-14)28-22-18-5-3-2-4-17(18)21(29-30-22)19-11-8-15(12-20(19)31)23(25,26)27/h2-13,31H,1H3,(H,28,30)/t13-/m1/s1. The summed E-state index contributed by atoms with van der Waals surface area (Å²) in [6.07, 6.45) is -4.56. The molecule has 4 rings (SSSR count). The van der Waals surface area contributed by atoms with Gasteiger partial charge in [-0.2, -0.15) is 13.2 Å². The normalized spacial score (nSPS) is 12.7. The first-order chi connectivity index (χ1) is 14.7. The average Bonchev–Trinajstić information content (AvgIpc) is 2.74. The Kier molecular flexibility index (Phi) is 5.22. The van der Waals surface area contributed by atoms with Gasteiger partial charge in [0, 0.05) is 16.3 Å². The summed E-state index contributed by atoms with van der Waals surface area (Å²) in [5.74, 6) is -0.404. The van der Waals surface area contributed by atoms with Gasteiger partial charge in [-0.05, 0) is 42.8 Å². The number of anilines is 1. The van der Waals surface area contributed by atoms with Crippen molar-refractivity contribution < 1.29 is 22.7 Å². The van der Waals surface area contributed by atoms with Crippen LogP contribution in [0.15, 0.2) is 66.7 Å². The van der Waals surface area contributed by atoms with E-state index in [1.165, 1.54) is 18.2 Å². The first-order valence-electron chi connectivity index (χ1n) is 9.42. The molecular formula is C23H17F4N3O. The molecule has 0 saturated heterocycles. The number of nitrogens with zero attached hydrogens (tertiary/aromatic N) is 2. The minimum absolute atomic E-state index is 0.148. The molecule has 0 unspecified atom stereocenters. The number of alkyl halides is 3. The van der Waals surface area contributed by atoms with Crippen LogP contribution in [-0.2, 0) is 6.18 Å². The van der Waals surface area contributed by atoms with E-state index in [2.05, 4.69) is 15.5 Å². The predicted octanol–water partition coefficient (Wildman–Crippen LogP) is 6.33. The van der Waals surface area contributed by atoms with E-state index in [-0.39, 0.29) is 23.1 Å². The number of rotatable bonds is 4. The van der Waals surface area contributed by atoms with Crippen LogP contribution in [0, 0.1) is 5.82 Å². The first kappa shape index (κ1) is 20.6. The highest BCUT2D eigenvalue weighted by molar-refractivity contribution is 6.00. The fourth-order valence-corrected chi connectivity index (χ4v) is 3.36. The molecule has 31 heavy (non-hydrogen) atoms. The van der Waals surface area contributed by atoms with Crippen LogP contribution >= 0.6 is 0 Å². The number of hydrogen-bond acceptors (Lipinski definition) is 4. The van der Waals surface area contributed by atoms with Gasteiger partial charge in [0.25, 0.3) is 0 Å². The molecule has 0 aliphatic carbocycles. The van der Waals surface area contributed by atoms with Gasteiger partial charge in [-0.3, -0.25) is 0 Å². The second kappa shape index (κ2) is 7.86. The van der Waals surface area contributed by atoms with Crippen molar-refractivity contribution in [2.45, 2.75) is 19.1 Å². The van der Waals surface area contributed by atoms with Crippen LogP contribution in [0.2, 0.25) is 0 Å². The first-order valence-corrected chi connectivity index (χ1v) is 9.42. The highest BCUT2D eigenvalue weighted by atomic mass is 19.4. The number of aromatic hydroxyl groups is 1. The van der Waals surface area contributed by atoms with E-state index < -0.39 is 17.5 Å². The van der Waals surface area contributed by atoms with Crippen LogP contribution in [0.4, 0.5) is 23.4 Å². The molecule has 1 aromatic heterocycles. The van der Waals surface area contributed by atoms with Crippen molar-refractivity contribution in [3.05, 3.63) is 83.7 Å². The lowest BCUT2D eigenvalue weighted by Crippen LogP contribution is -2.09. The molecule has 0 spiro atoms. The fourth-order valence-electron chi connectivity index (χ4n) is 3.36. The van der Waals surface area contributed by atoms with Crippen molar-refractivity contribution in [3.8, 4) is 17.0 Å². The highest BCUT2D eigenvalue weighted by Crippen LogP contribution is 2.39. The van der Waals surface area contributed by atoms with Crippen LogP contribution in [0.25, 0.3) is 22.0 Å². The molecular weight excluding hydrogens is 410 g/mol. The molecule has 3 aromatic carbocycles. The Bertz CT molecular complexity index is 1240. The topological polar surface area (TPSA) is 58.0 Å². The molecule has 1 atom stereocenters. The summed E-state index contributed by atoms with van der Waals surface area (Å²) in [4.78, 5) is 0. The van der Waals surface area contributed by atoms with Crippen LogP contribution in [-0.4, -0.2) is 15.3 Å². The molecule has 0 aliphatic rings. The van der Waals surface area contributed by atoms with E-state index in [9.17, 15) is 22.7 Å². The summed E-state index contributed by atoms with van der Waals surface area (Å²) in [5, 5.41) is 23.2. The Morgan fingerprint density at radius 2 is 1.58 bits per heavy atom. The number of benzene rings is 3. The highest BCUT2D eigenvalue weighted by Gasteiger charge is 2.31. The number of hydrogen-bond donors (Lipinski definition) is 2. The summed E-state index contributed by atoms with van der Waals surface area (Å²) in [6, 6.07) is 15.7. The lowest BCUT2D eigenvalue weighted by molar-refractivity contribution is -0.137.